The molecule has 0 unspecified atom stereocenters. The predicted octanol–water partition coefficient (Wildman–Crippen LogP) is 4.94. The molecule has 0 saturated carbocycles. The highest BCUT2D eigenvalue weighted by Crippen LogP contribution is 2.31. The van der Waals surface area contributed by atoms with Crippen molar-refractivity contribution in [2.45, 2.75) is 24.8 Å². The molecule has 0 aromatic heterocycles. The summed E-state index contributed by atoms with van der Waals surface area (Å²) in [6.45, 7) is 0. The maximum Gasteiger partial charge on any atom is 0.223 e. The molecule has 0 aliphatic heterocycles. The fourth-order valence-electron chi connectivity index (χ4n) is 3.00. The largest absolute Gasteiger partial charge is 0.264 e. The molecule has 2 aromatic rings. The number of nitrogens with zero attached hydrogens (tertiary/aromatic N) is 1. The Balaban J connectivity index is 1.75. The van der Waals surface area contributed by atoms with Crippen LogP contribution in [0.15, 0.2) is 66.7 Å². The van der Waals surface area contributed by atoms with Crippen LogP contribution in [-0.4, -0.2) is 11.0 Å². The summed E-state index contributed by atoms with van der Waals surface area (Å²) in [4.78, 5) is 11.1. The molecule has 0 amide bonds. The van der Waals surface area contributed by atoms with Crippen molar-refractivity contribution < 1.29 is 4.92 Å². The number of hydrogen-bond donors (Lipinski definition) is 0. The Hall–Kier alpha value is -2.68. The van der Waals surface area contributed by atoms with Crippen molar-refractivity contribution in [2.75, 3.05) is 0 Å². The molecule has 3 rings (SSSR count). The second-order valence-corrected chi connectivity index (χ2v) is 5.81. The second-order valence-electron chi connectivity index (χ2n) is 5.81. The van der Waals surface area contributed by atoms with Gasteiger partial charge in [0.1, 0.15) is 0 Å². The van der Waals surface area contributed by atoms with Gasteiger partial charge in [-0.25, -0.2) is 0 Å². The van der Waals surface area contributed by atoms with Crippen LogP contribution in [-0.2, 0) is 0 Å². The lowest BCUT2D eigenvalue weighted by molar-refractivity contribution is -0.526. The van der Waals surface area contributed by atoms with E-state index in [1.165, 1.54) is 0 Å². The van der Waals surface area contributed by atoms with Crippen LogP contribution in [0.4, 0.5) is 0 Å². The van der Waals surface area contributed by atoms with Crippen molar-refractivity contribution >= 4 is 12.2 Å². The van der Waals surface area contributed by atoms with E-state index < -0.39 is 6.04 Å². The molecular weight excluding hydrogens is 286 g/mol. The van der Waals surface area contributed by atoms with Gasteiger partial charge in [-0.15, -0.1) is 0 Å². The van der Waals surface area contributed by atoms with E-state index in [4.69, 9.17) is 0 Å². The summed E-state index contributed by atoms with van der Waals surface area (Å²) in [5.74, 6) is -0.0258. The minimum Gasteiger partial charge on any atom is -0.264 e. The number of benzene rings is 2. The molecule has 1 aliphatic carbocycles. The molecule has 116 valence electrons. The van der Waals surface area contributed by atoms with Gasteiger partial charge in [-0.1, -0.05) is 78.9 Å². The zero-order valence-electron chi connectivity index (χ0n) is 12.8. The minimum absolute atomic E-state index is 0.0258. The topological polar surface area (TPSA) is 43.1 Å². The van der Waals surface area contributed by atoms with Crippen molar-refractivity contribution in [1.29, 1.82) is 0 Å². The van der Waals surface area contributed by atoms with Gasteiger partial charge in [-0.2, -0.15) is 0 Å². The maximum atomic E-state index is 11.2. The lowest BCUT2D eigenvalue weighted by Crippen LogP contribution is -2.28. The van der Waals surface area contributed by atoms with Gasteiger partial charge in [0.2, 0.25) is 6.04 Å². The third kappa shape index (κ3) is 3.75. The molecule has 0 saturated heterocycles. The normalized spacial score (nSPS) is 20.7. The molecule has 0 fully saturated rings. The first kappa shape index (κ1) is 15.2. The van der Waals surface area contributed by atoms with Gasteiger partial charge < -0.3 is 0 Å². The summed E-state index contributed by atoms with van der Waals surface area (Å²) in [6, 6.07) is 17.7. The highest BCUT2D eigenvalue weighted by atomic mass is 16.6. The summed E-state index contributed by atoms with van der Waals surface area (Å²) >= 11 is 0. The number of allylic oxidation sites excluding steroid dienone is 1. The first-order chi connectivity index (χ1) is 11.2. The molecule has 0 radical (unpaired) electrons. The van der Waals surface area contributed by atoms with Crippen molar-refractivity contribution in [2.24, 2.45) is 0 Å². The number of nitro groups is 1. The summed E-state index contributed by atoms with van der Waals surface area (Å²) in [5.41, 5.74) is 3.30. The van der Waals surface area contributed by atoms with E-state index in [0.29, 0.717) is 6.42 Å². The van der Waals surface area contributed by atoms with E-state index in [1.54, 1.807) is 0 Å². The Bertz CT molecular complexity index is 717. The standard InChI is InChI=1S/C20H19NO2/c22-21(23)20-9-5-4-8-19(20)18-14-12-17(13-15-18)11-10-16-6-2-1-3-7-16/h1-7,10-15,19-20H,8-9H2/b11-10+/t19-,20+/m0/s1. The quantitative estimate of drug-likeness (QED) is 0.348. The third-order valence-electron chi connectivity index (χ3n) is 4.30. The molecule has 2 atom stereocenters. The fourth-order valence-corrected chi connectivity index (χ4v) is 3.00. The predicted molar refractivity (Wildman–Crippen MR) is 93.7 cm³/mol. The molecule has 2 aromatic carbocycles. The molecule has 3 nitrogen and oxygen atoms in total. The van der Waals surface area contributed by atoms with E-state index in [0.717, 1.165) is 23.1 Å². The van der Waals surface area contributed by atoms with Crippen molar-refractivity contribution in [3.63, 3.8) is 0 Å². The van der Waals surface area contributed by atoms with Gasteiger partial charge in [-0.05, 0) is 23.1 Å². The van der Waals surface area contributed by atoms with Crippen LogP contribution in [0.5, 0.6) is 0 Å². The van der Waals surface area contributed by atoms with Gasteiger partial charge in [0.05, 0.1) is 5.92 Å². The summed E-state index contributed by atoms with van der Waals surface area (Å²) in [7, 11) is 0. The lowest BCUT2D eigenvalue weighted by Gasteiger charge is -2.22. The number of hydrogen-bond acceptors (Lipinski definition) is 2. The zero-order valence-corrected chi connectivity index (χ0v) is 12.8. The van der Waals surface area contributed by atoms with E-state index in [2.05, 4.69) is 24.3 Å². The molecule has 0 bridgehead atoms. The van der Waals surface area contributed by atoms with E-state index >= 15 is 0 Å². The highest BCUT2D eigenvalue weighted by Gasteiger charge is 2.32. The van der Waals surface area contributed by atoms with Gasteiger partial charge in [-0.3, -0.25) is 10.1 Å². The molecule has 3 heteroatoms. The molecule has 23 heavy (non-hydrogen) atoms. The van der Waals surface area contributed by atoms with Crippen LogP contribution >= 0.6 is 0 Å². The first-order valence-electron chi connectivity index (χ1n) is 7.85. The second kappa shape index (κ2) is 7.05. The molecule has 0 spiro atoms. The Morgan fingerprint density at radius 3 is 2.13 bits per heavy atom. The number of rotatable bonds is 4. The summed E-state index contributed by atoms with van der Waals surface area (Å²) in [6.07, 6.45) is 9.36. The molecular formula is C20H19NO2. The molecule has 0 N–H and O–H groups in total. The van der Waals surface area contributed by atoms with Crippen LogP contribution in [0.1, 0.15) is 35.4 Å². The van der Waals surface area contributed by atoms with E-state index in [1.807, 2.05) is 54.6 Å². The highest BCUT2D eigenvalue weighted by molar-refractivity contribution is 5.69. The Kier molecular flexibility index (Phi) is 4.67. The first-order valence-corrected chi connectivity index (χ1v) is 7.85. The van der Waals surface area contributed by atoms with E-state index in [-0.39, 0.29) is 10.8 Å². The average molecular weight is 305 g/mol. The smallest absolute Gasteiger partial charge is 0.223 e. The summed E-state index contributed by atoms with van der Waals surface area (Å²) in [5, 5.41) is 11.2. The maximum absolute atomic E-state index is 11.2. The lowest BCUT2D eigenvalue weighted by atomic mass is 9.83. The molecule has 1 aliphatic rings. The van der Waals surface area contributed by atoms with Gasteiger partial charge in [0.25, 0.3) is 0 Å². The molecule has 0 heterocycles. The summed E-state index contributed by atoms with van der Waals surface area (Å²) < 4.78 is 0. The van der Waals surface area contributed by atoms with Gasteiger partial charge >= 0.3 is 0 Å². The van der Waals surface area contributed by atoms with Gasteiger partial charge in [0, 0.05) is 11.3 Å². The average Bonchev–Trinajstić information content (AvgIpc) is 2.61. The van der Waals surface area contributed by atoms with Crippen molar-refractivity contribution in [1.82, 2.24) is 0 Å². The van der Waals surface area contributed by atoms with Crippen LogP contribution in [0.3, 0.4) is 0 Å². The minimum atomic E-state index is -0.509. The Morgan fingerprint density at radius 2 is 1.48 bits per heavy atom. The Morgan fingerprint density at radius 1 is 0.870 bits per heavy atom. The van der Waals surface area contributed by atoms with Crippen LogP contribution < -0.4 is 0 Å². The SMILES string of the molecule is O=[N+]([O-])[C@@H]1CC=CC[C@H]1c1ccc(/C=C/c2ccccc2)cc1. The van der Waals surface area contributed by atoms with Crippen molar-refractivity contribution in [3.8, 4) is 0 Å². The van der Waals surface area contributed by atoms with Crippen molar-refractivity contribution in [3.05, 3.63) is 93.6 Å². The third-order valence-corrected chi connectivity index (χ3v) is 4.30. The zero-order chi connectivity index (χ0) is 16.1. The van der Waals surface area contributed by atoms with E-state index in [9.17, 15) is 10.1 Å². The monoisotopic (exact) mass is 305 g/mol. The van der Waals surface area contributed by atoms with Crippen LogP contribution in [0, 0.1) is 10.1 Å². The van der Waals surface area contributed by atoms with Crippen LogP contribution in [0.25, 0.3) is 12.2 Å². The van der Waals surface area contributed by atoms with Gasteiger partial charge in [0.15, 0.2) is 0 Å². The van der Waals surface area contributed by atoms with Crippen LogP contribution in [0.2, 0.25) is 0 Å². The Labute approximate surface area is 136 Å². The fraction of sp³-hybridized carbons (Fsp3) is 0.200.